The van der Waals surface area contributed by atoms with Gasteiger partial charge in [-0.3, -0.25) is 0 Å². The molecule has 0 aliphatic heterocycles. The number of halogens is 1. The molecule has 0 saturated carbocycles. The topological polar surface area (TPSA) is 34.4 Å². The minimum Gasteiger partial charge on any atom is -0.385 e. The second-order valence-electron chi connectivity index (χ2n) is 1.69. The van der Waals surface area contributed by atoms with E-state index in [0.29, 0.717) is 0 Å². The van der Waals surface area contributed by atoms with Crippen LogP contribution in [0.4, 0.5) is 0 Å². The molecule has 0 aromatic carbocycles. The number of H-pyrrole nitrogens is 1. The van der Waals surface area contributed by atoms with Crippen LogP contribution in [0.2, 0.25) is 0 Å². The molecule has 0 saturated heterocycles. The Hall–Kier alpha value is -0.410. The lowest BCUT2D eigenvalue weighted by Crippen LogP contribution is -2.08. The first kappa shape index (κ1) is 6.71. The molecule has 0 aliphatic carbocycles. The van der Waals surface area contributed by atoms with Gasteiger partial charge in [0, 0.05) is 6.07 Å². The number of hydrogen-bond acceptors (Lipinski definition) is 1. The molecule has 0 bridgehead atoms. The van der Waals surface area contributed by atoms with Gasteiger partial charge in [-0.2, -0.15) is 0 Å². The Morgan fingerprint density at radius 2 is 2.33 bits per heavy atom. The van der Waals surface area contributed by atoms with Crippen LogP contribution in [0.15, 0.2) is 22.8 Å². The Morgan fingerprint density at radius 3 is 2.78 bits per heavy atom. The van der Waals surface area contributed by atoms with Crippen molar-refractivity contribution in [2.75, 3.05) is 0 Å². The molecule has 0 atom stereocenters. The molecule has 2 nitrogen and oxygen atoms in total. The van der Waals surface area contributed by atoms with Crippen molar-refractivity contribution in [1.29, 1.82) is 0 Å². The molecule has 1 aromatic heterocycles. The van der Waals surface area contributed by atoms with Crippen LogP contribution in [-0.4, -0.2) is 5.11 Å². The number of aromatic nitrogens is 1. The number of pyridine rings is 1. The van der Waals surface area contributed by atoms with Crippen LogP contribution >= 0.6 is 15.9 Å². The van der Waals surface area contributed by atoms with E-state index in [2.05, 4.69) is 20.9 Å². The van der Waals surface area contributed by atoms with E-state index in [9.17, 15) is 0 Å². The van der Waals surface area contributed by atoms with Crippen LogP contribution in [0.1, 0.15) is 5.69 Å². The highest BCUT2D eigenvalue weighted by Crippen LogP contribution is 2.03. The number of hydrogen-bond donors (Lipinski definition) is 1. The fourth-order valence-corrected chi connectivity index (χ4v) is 0.783. The summed E-state index contributed by atoms with van der Waals surface area (Å²) < 4.78 is 0.986. The van der Waals surface area contributed by atoms with Gasteiger partial charge < -0.3 is 5.11 Å². The van der Waals surface area contributed by atoms with Crippen LogP contribution in [0.3, 0.4) is 0 Å². The second-order valence-corrected chi connectivity index (χ2v) is 2.61. The Balaban J connectivity index is 2.88. The first-order valence-corrected chi connectivity index (χ1v) is 3.39. The number of aromatic amines is 1. The smallest absolute Gasteiger partial charge is 0.205 e. The largest absolute Gasteiger partial charge is 0.385 e. The number of aliphatic hydroxyl groups excluding tert-OH is 1. The molecule has 1 rings (SSSR count). The van der Waals surface area contributed by atoms with Crippen LogP contribution in [0.25, 0.3) is 0 Å². The van der Waals surface area contributed by atoms with E-state index in [0.717, 1.165) is 10.2 Å². The van der Waals surface area contributed by atoms with Gasteiger partial charge in [0.1, 0.15) is 6.61 Å². The zero-order valence-corrected chi connectivity index (χ0v) is 6.35. The Bertz CT molecular complexity index is 185. The van der Waals surface area contributed by atoms with Crippen molar-refractivity contribution >= 4 is 15.9 Å². The third-order valence-electron chi connectivity index (χ3n) is 1.01. The SMILES string of the molecule is OCc1ccc(Br)c[nH+]1. The van der Waals surface area contributed by atoms with Gasteiger partial charge in [0.25, 0.3) is 0 Å². The predicted octanol–water partition coefficient (Wildman–Crippen LogP) is 0.755. The maximum absolute atomic E-state index is 8.58. The summed E-state index contributed by atoms with van der Waals surface area (Å²) in [6.45, 7) is 0.0628. The molecule has 48 valence electrons. The molecule has 9 heavy (non-hydrogen) atoms. The van der Waals surface area contributed by atoms with E-state index in [1.165, 1.54) is 0 Å². The normalized spacial score (nSPS) is 9.56. The highest BCUT2D eigenvalue weighted by molar-refractivity contribution is 9.10. The molecule has 0 fully saturated rings. The molecule has 1 heterocycles. The van der Waals surface area contributed by atoms with Gasteiger partial charge in [-0.25, -0.2) is 4.98 Å². The van der Waals surface area contributed by atoms with Crippen LogP contribution in [-0.2, 0) is 6.61 Å². The highest BCUT2D eigenvalue weighted by Gasteiger charge is 1.95. The summed E-state index contributed by atoms with van der Waals surface area (Å²) in [5.74, 6) is 0. The Kier molecular flexibility index (Phi) is 2.19. The van der Waals surface area contributed by atoms with Crippen molar-refractivity contribution in [3.63, 3.8) is 0 Å². The third kappa shape index (κ3) is 1.77. The third-order valence-corrected chi connectivity index (χ3v) is 1.50. The maximum atomic E-state index is 8.58. The standard InChI is InChI=1S/C6H6BrNO/c7-5-1-2-6(4-9)8-3-5/h1-3,9H,4H2/p+1. The summed E-state index contributed by atoms with van der Waals surface area (Å²) >= 11 is 3.26. The van der Waals surface area contributed by atoms with Crippen molar-refractivity contribution < 1.29 is 10.1 Å². The molecule has 0 radical (unpaired) electrons. The zero-order valence-electron chi connectivity index (χ0n) is 4.76. The van der Waals surface area contributed by atoms with Gasteiger partial charge >= 0.3 is 0 Å². The molecular formula is C6H7BrNO+. The highest BCUT2D eigenvalue weighted by atomic mass is 79.9. The summed E-state index contributed by atoms with van der Waals surface area (Å²) in [5.41, 5.74) is 0.818. The molecule has 1 aromatic rings. The summed E-state index contributed by atoms with van der Waals surface area (Å²) in [5, 5.41) is 8.58. The lowest BCUT2D eigenvalue weighted by molar-refractivity contribution is -0.395. The van der Waals surface area contributed by atoms with Gasteiger partial charge in [0.15, 0.2) is 6.20 Å². The summed E-state index contributed by atoms with van der Waals surface area (Å²) in [6.07, 6.45) is 1.78. The monoisotopic (exact) mass is 188 g/mol. The van der Waals surface area contributed by atoms with E-state index in [1.807, 2.05) is 12.1 Å². The fourth-order valence-electron chi connectivity index (χ4n) is 0.536. The van der Waals surface area contributed by atoms with E-state index in [1.54, 1.807) is 6.20 Å². The average Bonchev–Trinajstić information content (AvgIpc) is 1.90. The minimum absolute atomic E-state index is 0.0628. The van der Waals surface area contributed by atoms with Gasteiger partial charge in [0.05, 0.1) is 4.47 Å². The minimum atomic E-state index is 0.0628. The maximum Gasteiger partial charge on any atom is 0.205 e. The first-order chi connectivity index (χ1) is 4.33. The van der Waals surface area contributed by atoms with Crippen molar-refractivity contribution in [3.05, 3.63) is 28.5 Å². The number of rotatable bonds is 1. The Morgan fingerprint density at radius 1 is 1.56 bits per heavy atom. The molecular weight excluding hydrogens is 182 g/mol. The second kappa shape index (κ2) is 2.94. The van der Waals surface area contributed by atoms with Gasteiger partial charge in [-0.15, -0.1) is 0 Å². The number of aliphatic hydroxyl groups is 1. The number of nitrogens with one attached hydrogen (secondary N) is 1. The zero-order chi connectivity index (χ0) is 6.69. The van der Waals surface area contributed by atoms with Gasteiger partial charge in [-0.1, -0.05) is 0 Å². The van der Waals surface area contributed by atoms with E-state index in [-0.39, 0.29) is 6.61 Å². The molecule has 0 aliphatic rings. The molecule has 0 amide bonds. The fraction of sp³-hybridized carbons (Fsp3) is 0.167. The van der Waals surface area contributed by atoms with E-state index < -0.39 is 0 Å². The van der Waals surface area contributed by atoms with Crippen LogP contribution < -0.4 is 4.98 Å². The van der Waals surface area contributed by atoms with Gasteiger partial charge in [0.2, 0.25) is 5.69 Å². The molecule has 0 spiro atoms. The molecule has 0 unspecified atom stereocenters. The van der Waals surface area contributed by atoms with Crippen molar-refractivity contribution in [3.8, 4) is 0 Å². The van der Waals surface area contributed by atoms with Crippen molar-refractivity contribution in [2.45, 2.75) is 6.61 Å². The van der Waals surface area contributed by atoms with Crippen molar-refractivity contribution in [1.82, 2.24) is 0 Å². The lowest BCUT2D eigenvalue weighted by atomic mass is 10.4. The summed E-state index contributed by atoms with van der Waals surface area (Å²) in [7, 11) is 0. The van der Waals surface area contributed by atoms with Gasteiger partial charge in [-0.05, 0) is 22.0 Å². The quantitative estimate of drug-likeness (QED) is 0.695. The Labute approximate surface area is 61.7 Å². The summed E-state index contributed by atoms with van der Waals surface area (Å²) in [6, 6.07) is 3.70. The van der Waals surface area contributed by atoms with E-state index >= 15 is 0 Å². The molecule has 2 N–H and O–H groups in total. The predicted molar refractivity (Wildman–Crippen MR) is 36.6 cm³/mol. The first-order valence-electron chi connectivity index (χ1n) is 2.60. The molecule has 3 heteroatoms. The lowest BCUT2D eigenvalue weighted by Gasteiger charge is -1.85. The van der Waals surface area contributed by atoms with E-state index in [4.69, 9.17) is 5.11 Å². The van der Waals surface area contributed by atoms with Crippen molar-refractivity contribution in [2.24, 2.45) is 0 Å². The van der Waals surface area contributed by atoms with Crippen LogP contribution in [0, 0.1) is 0 Å². The average molecular weight is 189 g/mol. The van der Waals surface area contributed by atoms with Crippen LogP contribution in [0.5, 0.6) is 0 Å². The summed E-state index contributed by atoms with van der Waals surface area (Å²) in [4.78, 5) is 2.89.